The van der Waals surface area contributed by atoms with Gasteiger partial charge in [-0.2, -0.15) is 9.97 Å². The van der Waals surface area contributed by atoms with E-state index in [9.17, 15) is 0 Å². The third-order valence-corrected chi connectivity index (χ3v) is 1.62. The van der Waals surface area contributed by atoms with E-state index < -0.39 is 0 Å². The predicted octanol–water partition coefficient (Wildman–Crippen LogP) is 0.252. The van der Waals surface area contributed by atoms with Crippen molar-refractivity contribution in [3.05, 3.63) is 6.07 Å². The molecule has 0 amide bonds. The number of hydrogen-bond donors (Lipinski definition) is 3. The molecule has 0 fully saturated rings. The molecule has 0 bridgehead atoms. The van der Waals surface area contributed by atoms with Crippen molar-refractivity contribution in [3.63, 3.8) is 0 Å². The van der Waals surface area contributed by atoms with Crippen LogP contribution in [0.4, 0.5) is 11.8 Å². The van der Waals surface area contributed by atoms with Crippen LogP contribution >= 0.6 is 0 Å². The monoisotopic (exact) mass is 212 g/mol. The topological polar surface area (TPSA) is 93.3 Å². The SMILES string of the molecule is CCCNc1cc(OCCO)nc(N)n1. The lowest BCUT2D eigenvalue weighted by molar-refractivity contribution is 0.197. The average Bonchev–Trinajstić information content (AvgIpc) is 2.23. The van der Waals surface area contributed by atoms with Crippen LogP contribution in [-0.2, 0) is 0 Å². The maximum Gasteiger partial charge on any atom is 0.225 e. The van der Waals surface area contributed by atoms with Crippen LogP contribution in [0.25, 0.3) is 0 Å². The number of rotatable bonds is 6. The van der Waals surface area contributed by atoms with Gasteiger partial charge >= 0.3 is 0 Å². The summed E-state index contributed by atoms with van der Waals surface area (Å²) in [6.45, 7) is 3.02. The quantitative estimate of drug-likeness (QED) is 0.626. The van der Waals surface area contributed by atoms with Gasteiger partial charge in [0.25, 0.3) is 0 Å². The van der Waals surface area contributed by atoms with Gasteiger partial charge < -0.3 is 20.9 Å². The van der Waals surface area contributed by atoms with Crippen LogP contribution in [0.3, 0.4) is 0 Å². The number of nitrogens with zero attached hydrogens (tertiary/aromatic N) is 2. The summed E-state index contributed by atoms with van der Waals surface area (Å²) in [5.41, 5.74) is 5.50. The zero-order valence-electron chi connectivity index (χ0n) is 8.73. The van der Waals surface area contributed by atoms with Crippen LogP contribution in [0, 0.1) is 0 Å². The number of hydrogen-bond acceptors (Lipinski definition) is 6. The van der Waals surface area contributed by atoms with Gasteiger partial charge in [0, 0.05) is 12.6 Å². The summed E-state index contributed by atoms with van der Waals surface area (Å²) in [6.07, 6.45) is 0.997. The Morgan fingerprint density at radius 3 is 3.00 bits per heavy atom. The average molecular weight is 212 g/mol. The van der Waals surface area contributed by atoms with Gasteiger partial charge in [0.05, 0.1) is 6.61 Å². The summed E-state index contributed by atoms with van der Waals surface area (Å²) in [5.74, 6) is 1.16. The normalized spacial score (nSPS) is 10.0. The van der Waals surface area contributed by atoms with Crippen LogP contribution < -0.4 is 15.8 Å². The van der Waals surface area contributed by atoms with Crippen LogP contribution in [-0.4, -0.2) is 34.8 Å². The van der Waals surface area contributed by atoms with E-state index in [1.807, 2.05) is 0 Å². The molecule has 0 saturated carbocycles. The Labute approximate surface area is 88.5 Å². The lowest BCUT2D eigenvalue weighted by atomic mass is 10.4. The maximum atomic E-state index is 8.59. The molecule has 0 aromatic carbocycles. The minimum atomic E-state index is -0.0539. The second kappa shape index (κ2) is 6.02. The van der Waals surface area contributed by atoms with Gasteiger partial charge in [-0.1, -0.05) is 6.92 Å². The van der Waals surface area contributed by atoms with Gasteiger partial charge in [0.1, 0.15) is 12.4 Å². The number of aliphatic hydroxyl groups excluding tert-OH is 1. The highest BCUT2D eigenvalue weighted by atomic mass is 16.5. The summed E-state index contributed by atoms with van der Waals surface area (Å²) in [6, 6.07) is 1.65. The summed E-state index contributed by atoms with van der Waals surface area (Å²) in [5, 5.41) is 11.7. The molecule has 1 aromatic rings. The van der Waals surface area contributed by atoms with Crippen molar-refractivity contribution in [1.82, 2.24) is 9.97 Å². The van der Waals surface area contributed by atoms with E-state index >= 15 is 0 Å². The summed E-state index contributed by atoms with van der Waals surface area (Å²) >= 11 is 0. The van der Waals surface area contributed by atoms with E-state index in [-0.39, 0.29) is 19.2 Å². The van der Waals surface area contributed by atoms with Gasteiger partial charge in [-0.05, 0) is 6.42 Å². The lowest BCUT2D eigenvalue weighted by Crippen LogP contribution is -2.08. The van der Waals surface area contributed by atoms with Gasteiger partial charge in [-0.15, -0.1) is 0 Å². The molecule has 84 valence electrons. The Bertz CT molecular complexity index is 280. The first-order valence-electron chi connectivity index (χ1n) is 4.88. The standard InChI is InChI=1S/C9H16N4O2/c1-2-3-11-7-6-8(15-5-4-14)13-9(10)12-7/h6,14H,2-5H2,1H3,(H3,10,11,12,13). The van der Waals surface area contributed by atoms with Crippen LogP contribution in [0.15, 0.2) is 6.07 Å². The molecule has 0 aliphatic carbocycles. The van der Waals surface area contributed by atoms with E-state index in [2.05, 4.69) is 22.2 Å². The van der Waals surface area contributed by atoms with Crippen molar-refractivity contribution >= 4 is 11.8 Å². The molecular weight excluding hydrogens is 196 g/mol. The van der Waals surface area contributed by atoms with E-state index in [0.717, 1.165) is 13.0 Å². The highest BCUT2D eigenvalue weighted by Gasteiger charge is 2.02. The highest BCUT2D eigenvalue weighted by Crippen LogP contribution is 2.14. The predicted molar refractivity (Wildman–Crippen MR) is 57.8 cm³/mol. The van der Waals surface area contributed by atoms with Crippen molar-refractivity contribution in [2.75, 3.05) is 30.8 Å². The second-order valence-electron chi connectivity index (χ2n) is 2.95. The molecule has 15 heavy (non-hydrogen) atoms. The fraction of sp³-hybridized carbons (Fsp3) is 0.556. The Hall–Kier alpha value is -1.56. The fourth-order valence-corrected chi connectivity index (χ4v) is 1.01. The van der Waals surface area contributed by atoms with Crippen molar-refractivity contribution in [2.24, 2.45) is 0 Å². The molecule has 0 unspecified atom stereocenters. The zero-order chi connectivity index (χ0) is 11.1. The Kier molecular flexibility index (Phi) is 4.62. The maximum absolute atomic E-state index is 8.59. The molecular formula is C9H16N4O2. The van der Waals surface area contributed by atoms with Gasteiger partial charge in [0.2, 0.25) is 11.8 Å². The Balaban J connectivity index is 2.66. The number of nitrogen functional groups attached to an aromatic ring is 1. The third-order valence-electron chi connectivity index (χ3n) is 1.62. The minimum absolute atomic E-state index is 0.0539. The largest absolute Gasteiger partial charge is 0.475 e. The first-order chi connectivity index (χ1) is 7.26. The van der Waals surface area contributed by atoms with Crippen molar-refractivity contribution in [2.45, 2.75) is 13.3 Å². The third kappa shape index (κ3) is 3.99. The van der Waals surface area contributed by atoms with Gasteiger partial charge in [-0.3, -0.25) is 0 Å². The molecule has 6 nitrogen and oxygen atoms in total. The number of ether oxygens (including phenoxy) is 1. The second-order valence-corrected chi connectivity index (χ2v) is 2.95. The Morgan fingerprint density at radius 1 is 1.53 bits per heavy atom. The van der Waals surface area contributed by atoms with Gasteiger partial charge in [-0.25, -0.2) is 0 Å². The van der Waals surface area contributed by atoms with E-state index in [0.29, 0.717) is 11.7 Å². The number of nitrogens with one attached hydrogen (secondary N) is 1. The first kappa shape index (κ1) is 11.5. The Morgan fingerprint density at radius 2 is 2.33 bits per heavy atom. The first-order valence-corrected chi connectivity index (χ1v) is 4.88. The van der Waals surface area contributed by atoms with E-state index in [4.69, 9.17) is 15.6 Å². The summed E-state index contributed by atoms with van der Waals surface area (Å²) in [4.78, 5) is 7.87. The number of anilines is 2. The molecule has 1 aromatic heterocycles. The van der Waals surface area contributed by atoms with Crippen LogP contribution in [0.5, 0.6) is 5.88 Å². The van der Waals surface area contributed by atoms with Gasteiger partial charge in [0.15, 0.2) is 0 Å². The minimum Gasteiger partial charge on any atom is -0.475 e. The highest BCUT2D eigenvalue weighted by molar-refractivity contribution is 5.42. The molecule has 0 aliphatic heterocycles. The van der Waals surface area contributed by atoms with Crippen LogP contribution in [0.2, 0.25) is 0 Å². The molecule has 0 radical (unpaired) electrons. The lowest BCUT2D eigenvalue weighted by Gasteiger charge is -2.07. The molecule has 1 rings (SSSR count). The van der Waals surface area contributed by atoms with Crippen molar-refractivity contribution in [3.8, 4) is 5.88 Å². The van der Waals surface area contributed by atoms with E-state index in [1.54, 1.807) is 6.07 Å². The molecule has 0 saturated heterocycles. The molecule has 6 heteroatoms. The number of nitrogens with two attached hydrogens (primary N) is 1. The van der Waals surface area contributed by atoms with Crippen molar-refractivity contribution < 1.29 is 9.84 Å². The van der Waals surface area contributed by atoms with E-state index in [1.165, 1.54) is 0 Å². The summed E-state index contributed by atoms with van der Waals surface area (Å²) < 4.78 is 5.14. The fourth-order valence-electron chi connectivity index (χ4n) is 1.01. The zero-order valence-corrected chi connectivity index (χ0v) is 8.73. The van der Waals surface area contributed by atoms with Crippen molar-refractivity contribution in [1.29, 1.82) is 0 Å². The number of aliphatic hydroxyl groups is 1. The number of aromatic nitrogens is 2. The molecule has 0 spiro atoms. The molecule has 0 atom stereocenters. The smallest absolute Gasteiger partial charge is 0.225 e. The van der Waals surface area contributed by atoms with Crippen LogP contribution in [0.1, 0.15) is 13.3 Å². The molecule has 1 heterocycles. The molecule has 0 aliphatic rings. The summed E-state index contributed by atoms with van der Waals surface area (Å²) in [7, 11) is 0. The molecule has 4 N–H and O–H groups in total.